The van der Waals surface area contributed by atoms with E-state index in [1.807, 2.05) is 4.90 Å². The molecule has 0 aliphatic carbocycles. The summed E-state index contributed by atoms with van der Waals surface area (Å²) in [7, 11) is 2.09. The largest absolute Gasteiger partial charge is 0.381 e. The predicted octanol–water partition coefficient (Wildman–Crippen LogP) is 3.05. The molecule has 24 heavy (non-hydrogen) atoms. The van der Waals surface area contributed by atoms with Crippen molar-refractivity contribution in [2.75, 3.05) is 39.9 Å². The van der Waals surface area contributed by atoms with Gasteiger partial charge in [-0.15, -0.1) is 0 Å². The lowest BCUT2D eigenvalue weighted by Gasteiger charge is -2.38. The fourth-order valence-electron chi connectivity index (χ4n) is 3.53. The van der Waals surface area contributed by atoms with Gasteiger partial charge in [-0.25, -0.2) is 4.39 Å². The van der Waals surface area contributed by atoms with E-state index in [9.17, 15) is 9.18 Å². The Hall–Kier alpha value is -1.17. The maximum atomic E-state index is 14.2. The van der Waals surface area contributed by atoms with Crippen molar-refractivity contribution < 1.29 is 13.9 Å². The van der Waals surface area contributed by atoms with Crippen molar-refractivity contribution in [1.82, 2.24) is 9.80 Å². The molecule has 0 N–H and O–H groups in total. The van der Waals surface area contributed by atoms with Crippen molar-refractivity contribution in [2.45, 2.75) is 25.3 Å². The van der Waals surface area contributed by atoms with Gasteiger partial charge in [-0.3, -0.25) is 4.79 Å². The molecule has 3 rings (SSSR count). The van der Waals surface area contributed by atoms with Crippen LogP contribution in [0.1, 0.15) is 29.6 Å². The molecule has 1 atom stereocenters. The molecule has 2 aliphatic rings. The molecule has 1 amide bonds. The molecule has 0 saturated carbocycles. The summed E-state index contributed by atoms with van der Waals surface area (Å²) in [6.45, 7) is 3.94. The maximum absolute atomic E-state index is 14.2. The minimum Gasteiger partial charge on any atom is -0.381 e. The van der Waals surface area contributed by atoms with Crippen LogP contribution in [-0.4, -0.2) is 61.6 Å². The number of amides is 1. The number of likely N-dealkylation sites (tertiary alicyclic amines) is 1. The van der Waals surface area contributed by atoms with Crippen molar-refractivity contribution in [2.24, 2.45) is 5.92 Å². The van der Waals surface area contributed by atoms with Gasteiger partial charge >= 0.3 is 0 Å². The number of nitrogens with zero attached hydrogens (tertiary/aromatic N) is 2. The highest BCUT2D eigenvalue weighted by atomic mass is 35.5. The van der Waals surface area contributed by atoms with E-state index in [0.717, 1.165) is 39.0 Å². The fraction of sp³-hybridized carbons (Fsp3) is 0.611. The average molecular weight is 355 g/mol. The molecule has 132 valence electrons. The van der Waals surface area contributed by atoms with Gasteiger partial charge in [0.15, 0.2) is 0 Å². The molecular formula is C18H24ClFN2O2. The number of carbonyl (C=O) groups excluding carboxylic acids is 1. The Morgan fingerprint density at radius 2 is 2.12 bits per heavy atom. The van der Waals surface area contributed by atoms with Crippen LogP contribution >= 0.6 is 11.6 Å². The topological polar surface area (TPSA) is 32.8 Å². The van der Waals surface area contributed by atoms with Crippen molar-refractivity contribution in [3.63, 3.8) is 0 Å². The average Bonchev–Trinajstić information content (AvgIpc) is 3.08. The van der Waals surface area contributed by atoms with Crippen LogP contribution in [0.15, 0.2) is 18.2 Å². The number of hydrogen-bond donors (Lipinski definition) is 0. The Balaban J connectivity index is 1.82. The van der Waals surface area contributed by atoms with Crippen molar-refractivity contribution in [3.05, 3.63) is 34.6 Å². The van der Waals surface area contributed by atoms with Crippen LogP contribution in [0.25, 0.3) is 0 Å². The van der Waals surface area contributed by atoms with E-state index >= 15 is 0 Å². The molecule has 2 aliphatic heterocycles. The van der Waals surface area contributed by atoms with Gasteiger partial charge in [-0.2, -0.15) is 0 Å². The van der Waals surface area contributed by atoms with E-state index in [4.69, 9.17) is 16.3 Å². The van der Waals surface area contributed by atoms with E-state index in [-0.39, 0.29) is 17.5 Å². The monoisotopic (exact) mass is 354 g/mol. The Morgan fingerprint density at radius 1 is 1.38 bits per heavy atom. The fourth-order valence-corrected chi connectivity index (χ4v) is 3.70. The summed E-state index contributed by atoms with van der Waals surface area (Å²) in [6, 6.07) is 4.32. The first-order chi connectivity index (χ1) is 11.5. The minimum atomic E-state index is -0.509. The Morgan fingerprint density at radius 3 is 2.79 bits per heavy atom. The quantitative estimate of drug-likeness (QED) is 0.833. The summed E-state index contributed by atoms with van der Waals surface area (Å²) in [5.41, 5.74) is 0.0698. The zero-order valence-electron chi connectivity index (χ0n) is 14.0. The molecule has 0 aromatic heterocycles. The van der Waals surface area contributed by atoms with Crippen LogP contribution in [0.3, 0.4) is 0 Å². The van der Waals surface area contributed by atoms with Crippen molar-refractivity contribution >= 4 is 17.5 Å². The van der Waals surface area contributed by atoms with Gasteiger partial charge < -0.3 is 14.5 Å². The second kappa shape index (κ2) is 7.81. The molecule has 6 heteroatoms. The third kappa shape index (κ3) is 4.08. The zero-order chi connectivity index (χ0) is 17.1. The first-order valence-electron chi connectivity index (χ1n) is 8.57. The van der Waals surface area contributed by atoms with Crippen LogP contribution in [0, 0.1) is 11.7 Å². The summed E-state index contributed by atoms with van der Waals surface area (Å²) in [6.07, 6.45) is 2.78. The van der Waals surface area contributed by atoms with Crippen LogP contribution < -0.4 is 0 Å². The lowest BCUT2D eigenvalue weighted by molar-refractivity contribution is 0.0532. The van der Waals surface area contributed by atoms with Gasteiger partial charge in [0.1, 0.15) is 5.82 Å². The molecule has 2 heterocycles. The second-order valence-electron chi connectivity index (χ2n) is 6.85. The van der Waals surface area contributed by atoms with Crippen LogP contribution in [-0.2, 0) is 4.74 Å². The number of benzene rings is 1. The molecule has 1 aromatic carbocycles. The smallest absolute Gasteiger partial charge is 0.257 e. The van der Waals surface area contributed by atoms with E-state index < -0.39 is 5.82 Å². The number of hydrogen-bond acceptors (Lipinski definition) is 3. The summed E-state index contributed by atoms with van der Waals surface area (Å²) >= 11 is 5.98. The Kier molecular flexibility index (Phi) is 5.74. The number of piperidine rings is 1. The van der Waals surface area contributed by atoms with Gasteiger partial charge in [0, 0.05) is 30.1 Å². The highest BCUT2D eigenvalue weighted by molar-refractivity contribution is 6.31. The lowest BCUT2D eigenvalue weighted by Crippen LogP contribution is -2.48. The summed E-state index contributed by atoms with van der Waals surface area (Å²) in [5.74, 6) is -0.433. The third-order valence-corrected chi connectivity index (χ3v) is 5.26. The van der Waals surface area contributed by atoms with E-state index in [1.165, 1.54) is 18.2 Å². The summed E-state index contributed by atoms with van der Waals surface area (Å²) in [4.78, 5) is 17.2. The highest BCUT2D eigenvalue weighted by Gasteiger charge is 2.32. The Bertz CT molecular complexity index is 584. The molecule has 0 spiro atoms. The second-order valence-corrected chi connectivity index (χ2v) is 7.28. The molecule has 1 unspecified atom stereocenters. The number of rotatable bonds is 4. The highest BCUT2D eigenvalue weighted by Crippen LogP contribution is 2.25. The van der Waals surface area contributed by atoms with Gasteiger partial charge in [0.2, 0.25) is 0 Å². The van der Waals surface area contributed by atoms with E-state index in [2.05, 4.69) is 11.9 Å². The molecule has 0 bridgehead atoms. The van der Waals surface area contributed by atoms with Crippen LogP contribution in [0.5, 0.6) is 0 Å². The maximum Gasteiger partial charge on any atom is 0.257 e. The zero-order valence-corrected chi connectivity index (χ0v) is 14.8. The minimum absolute atomic E-state index is 0.0698. The van der Waals surface area contributed by atoms with Gasteiger partial charge in [-0.1, -0.05) is 11.6 Å². The number of halogens is 2. The molecule has 1 aromatic rings. The SMILES string of the molecule is CN1CCC(N(CC2CCOC2)C(=O)c2cc(Cl)ccc2F)CC1. The standard InChI is InChI=1S/C18H24ClFN2O2/c1-21-7-4-15(5-8-21)22(11-13-6-9-24-12-13)18(23)16-10-14(19)2-3-17(16)20/h2-3,10,13,15H,4-9,11-12H2,1H3. The first-order valence-corrected chi connectivity index (χ1v) is 8.94. The predicted molar refractivity (Wildman–Crippen MR) is 91.9 cm³/mol. The number of carbonyl (C=O) groups is 1. The van der Waals surface area contributed by atoms with Crippen molar-refractivity contribution in [1.29, 1.82) is 0 Å². The van der Waals surface area contributed by atoms with Crippen LogP contribution in [0.2, 0.25) is 5.02 Å². The van der Waals surface area contributed by atoms with Gasteiger partial charge in [0.25, 0.3) is 5.91 Å². The third-order valence-electron chi connectivity index (χ3n) is 5.03. The summed E-state index contributed by atoms with van der Waals surface area (Å²) in [5, 5.41) is 0.382. The number of ether oxygens (including phenoxy) is 1. The summed E-state index contributed by atoms with van der Waals surface area (Å²) < 4.78 is 19.6. The molecule has 2 saturated heterocycles. The molecular weight excluding hydrogens is 331 g/mol. The molecule has 2 fully saturated rings. The molecule has 0 radical (unpaired) electrons. The lowest BCUT2D eigenvalue weighted by atomic mass is 9.99. The normalized spacial score (nSPS) is 22.7. The molecule has 4 nitrogen and oxygen atoms in total. The van der Waals surface area contributed by atoms with E-state index in [0.29, 0.717) is 24.1 Å². The van der Waals surface area contributed by atoms with Crippen molar-refractivity contribution in [3.8, 4) is 0 Å². The van der Waals surface area contributed by atoms with Crippen LogP contribution in [0.4, 0.5) is 4.39 Å². The first kappa shape index (κ1) is 17.6. The van der Waals surface area contributed by atoms with Gasteiger partial charge in [-0.05, 0) is 57.6 Å². The van der Waals surface area contributed by atoms with E-state index in [1.54, 1.807) is 0 Å². The Labute approximate surface area is 147 Å². The van der Waals surface area contributed by atoms with Gasteiger partial charge in [0.05, 0.1) is 12.2 Å².